The highest BCUT2D eigenvalue weighted by atomic mass is 79.9. The third-order valence-corrected chi connectivity index (χ3v) is 3.77. The van der Waals surface area contributed by atoms with Gasteiger partial charge in [0.05, 0.1) is 15.7 Å². The number of hydrogen-bond acceptors (Lipinski definition) is 4. The van der Waals surface area contributed by atoms with Crippen LogP contribution in [0.1, 0.15) is 23.0 Å². The number of aromatic nitrogens is 5. The Labute approximate surface area is 122 Å². The van der Waals surface area contributed by atoms with Crippen LogP contribution in [0, 0.1) is 0 Å². The summed E-state index contributed by atoms with van der Waals surface area (Å²) in [4.78, 5) is 12.2. The number of carbonyl (C=O) groups excluding carboxylic acids is 1. The molecule has 20 heavy (non-hydrogen) atoms. The van der Waals surface area contributed by atoms with Crippen LogP contribution in [0.2, 0.25) is 0 Å². The van der Waals surface area contributed by atoms with Crippen LogP contribution in [-0.4, -0.2) is 30.7 Å². The van der Waals surface area contributed by atoms with Gasteiger partial charge in [-0.2, -0.15) is 5.10 Å². The van der Waals surface area contributed by atoms with Crippen LogP contribution in [0.5, 0.6) is 0 Å². The van der Waals surface area contributed by atoms with Crippen molar-refractivity contribution in [2.45, 2.75) is 13.3 Å². The van der Waals surface area contributed by atoms with Gasteiger partial charge in [-0.25, -0.2) is 0 Å². The number of carbonyl (C=O) groups is 1. The van der Waals surface area contributed by atoms with Crippen LogP contribution < -0.4 is 5.32 Å². The highest BCUT2D eigenvalue weighted by molar-refractivity contribution is 9.10. The van der Waals surface area contributed by atoms with Crippen molar-refractivity contribution in [3.05, 3.63) is 40.4 Å². The molecule has 3 aromatic rings. The lowest BCUT2D eigenvalue weighted by Crippen LogP contribution is -2.13. The van der Waals surface area contributed by atoms with Gasteiger partial charge in [-0.3, -0.25) is 14.3 Å². The number of amides is 1. The number of nitrogens with zero attached hydrogens (tertiary/aromatic N) is 4. The summed E-state index contributed by atoms with van der Waals surface area (Å²) in [5.41, 5.74) is 2.13. The molecule has 3 aromatic heterocycles. The highest BCUT2D eigenvalue weighted by Gasteiger charge is 2.14. The van der Waals surface area contributed by atoms with E-state index in [0.29, 0.717) is 17.0 Å². The first-order chi connectivity index (χ1) is 9.69. The average molecular weight is 335 g/mol. The minimum atomic E-state index is -0.240. The van der Waals surface area contributed by atoms with E-state index in [1.165, 1.54) is 0 Å². The van der Waals surface area contributed by atoms with Gasteiger partial charge in [0.2, 0.25) is 0 Å². The largest absolute Gasteiger partial charge is 0.304 e. The fourth-order valence-electron chi connectivity index (χ4n) is 1.82. The summed E-state index contributed by atoms with van der Waals surface area (Å²) in [5, 5.41) is 17.4. The topological polar surface area (TPSA) is 88.0 Å². The van der Waals surface area contributed by atoms with Crippen LogP contribution in [0.3, 0.4) is 0 Å². The van der Waals surface area contributed by atoms with Gasteiger partial charge in [-0.15, -0.1) is 10.2 Å². The highest BCUT2D eigenvalue weighted by Crippen LogP contribution is 2.24. The van der Waals surface area contributed by atoms with Crippen molar-refractivity contribution in [3.63, 3.8) is 0 Å². The van der Waals surface area contributed by atoms with E-state index in [4.69, 9.17) is 0 Å². The molecule has 2 N–H and O–H groups in total. The molecule has 8 heteroatoms. The minimum Gasteiger partial charge on any atom is -0.304 e. The molecular formula is C12H11BrN6O. The van der Waals surface area contributed by atoms with Crippen molar-refractivity contribution in [3.8, 4) is 0 Å². The lowest BCUT2D eigenvalue weighted by Gasteiger charge is -2.03. The molecule has 3 rings (SSSR count). The lowest BCUT2D eigenvalue weighted by atomic mass is 10.2. The second-order valence-corrected chi connectivity index (χ2v) is 4.98. The number of aromatic amines is 1. The van der Waals surface area contributed by atoms with Gasteiger partial charge in [-0.05, 0) is 34.5 Å². The van der Waals surface area contributed by atoms with E-state index in [2.05, 4.69) is 41.6 Å². The number of H-pyrrole nitrogens is 1. The van der Waals surface area contributed by atoms with Gasteiger partial charge in [0, 0.05) is 6.20 Å². The third-order valence-electron chi connectivity index (χ3n) is 2.91. The molecule has 0 saturated carbocycles. The quantitative estimate of drug-likeness (QED) is 0.767. The van der Waals surface area contributed by atoms with Crippen LogP contribution in [0.25, 0.3) is 5.65 Å². The Bertz CT molecular complexity index is 777. The third kappa shape index (κ3) is 2.18. The SMILES string of the molecule is CCc1[nH]nc(NC(=O)c2ccc3nncn3c2)c1Br. The van der Waals surface area contributed by atoms with E-state index in [0.717, 1.165) is 16.6 Å². The molecule has 0 aliphatic carbocycles. The molecule has 1 amide bonds. The molecule has 0 saturated heterocycles. The summed E-state index contributed by atoms with van der Waals surface area (Å²) in [6.07, 6.45) is 4.02. The number of halogens is 1. The number of fused-ring (bicyclic) bond motifs is 1. The Balaban J connectivity index is 1.86. The summed E-state index contributed by atoms with van der Waals surface area (Å²) in [6.45, 7) is 2.00. The molecule has 0 aliphatic rings. The molecule has 7 nitrogen and oxygen atoms in total. The maximum absolute atomic E-state index is 12.2. The molecule has 3 heterocycles. The van der Waals surface area contributed by atoms with Gasteiger partial charge < -0.3 is 5.32 Å². The number of anilines is 1. The first kappa shape index (κ1) is 12.8. The summed E-state index contributed by atoms with van der Waals surface area (Å²) >= 11 is 3.41. The zero-order valence-corrected chi connectivity index (χ0v) is 12.2. The van der Waals surface area contributed by atoms with Gasteiger partial charge in [0.25, 0.3) is 5.91 Å². The summed E-state index contributed by atoms with van der Waals surface area (Å²) in [6, 6.07) is 3.43. The summed E-state index contributed by atoms with van der Waals surface area (Å²) in [7, 11) is 0. The second kappa shape index (κ2) is 5.04. The van der Waals surface area contributed by atoms with Crippen LogP contribution in [0.15, 0.2) is 29.1 Å². The van der Waals surface area contributed by atoms with E-state index in [9.17, 15) is 4.79 Å². The lowest BCUT2D eigenvalue weighted by molar-refractivity contribution is 0.102. The first-order valence-corrected chi connectivity index (χ1v) is 6.82. The van der Waals surface area contributed by atoms with Crippen molar-refractivity contribution in [1.29, 1.82) is 0 Å². The van der Waals surface area contributed by atoms with Crippen molar-refractivity contribution in [2.24, 2.45) is 0 Å². The minimum absolute atomic E-state index is 0.240. The first-order valence-electron chi connectivity index (χ1n) is 6.02. The van der Waals surface area contributed by atoms with Crippen LogP contribution >= 0.6 is 15.9 Å². The molecule has 0 radical (unpaired) electrons. The fraction of sp³-hybridized carbons (Fsp3) is 0.167. The van der Waals surface area contributed by atoms with Gasteiger partial charge >= 0.3 is 0 Å². The second-order valence-electron chi connectivity index (χ2n) is 4.19. The van der Waals surface area contributed by atoms with Gasteiger partial charge in [0.1, 0.15) is 6.33 Å². The monoisotopic (exact) mass is 334 g/mol. The molecular weight excluding hydrogens is 324 g/mol. The molecule has 0 unspecified atom stereocenters. The Hall–Kier alpha value is -2.22. The van der Waals surface area contributed by atoms with Crippen molar-refractivity contribution in [1.82, 2.24) is 24.8 Å². The molecule has 0 aromatic carbocycles. The molecule has 0 bridgehead atoms. The molecule has 0 atom stereocenters. The maximum Gasteiger partial charge on any atom is 0.258 e. The number of hydrogen-bond donors (Lipinski definition) is 2. The zero-order chi connectivity index (χ0) is 14.1. The summed E-state index contributed by atoms with van der Waals surface area (Å²) in [5.74, 6) is 0.242. The maximum atomic E-state index is 12.2. The van der Waals surface area contributed by atoms with Crippen LogP contribution in [-0.2, 0) is 6.42 Å². The molecule has 0 aliphatic heterocycles. The van der Waals surface area contributed by atoms with E-state index in [1.807, 2.05) is 6.92 Å². The predicted molar refractivity (Wildman–Crippen MR) is 76.6 cm³/mol. The van der Waals surface area contributed by atoms with E-state index < -0.39 is 0 Å². The zero-order valence-electron chi connectivity index (χ0n) is 10.6. The Morgan fingerprint density at radius 2 is 2.35 bits per heavy atom. The average Bonchev–Trinajstić information content (AvgIpc) is 3.05. The Morgan fingerprint density at radius 1 is 1.50 bits per heavy atom. The Kier molecular flexibility index (Phi) is 3.23. The number of pyridine rings is 1. The van der Waals surface area contributed by atoms with Crippen molar-refractivity contribution < 1.29 is 4.79 Å². The summed E-state index contributed by atoms with van der Waals surface area (Å²) < 4.78 is 2.46. The molecule has 0 spiro atoms. The van der Waals surface area contributed by atoms with Crippen molar-refractivity contribution in [2.75, 3.05) is 5.32 Å². The molecule has 102 valence electrons. The van der Waals surface area contributed by atoms with Gasteiger partial charge in [0.15, 0.2) is 11.5 Å². The smallest absolute Gasteiger partial charge is 0.258 e. The van der Waals surface area contributed by atoms with E-state index >= 15 is 0 Å². The molecule has 0 fully saturated rings. The number of nitrogens with one attached hydrogen (secondary N) is 2. The number of aryl methyl sites for hydroxylation is 1. The standard InChI is InChI=1S/C12H11BrN6O/c1-2-8-10(13)11(18-16-8)15-12(20)7-3-4-9-17-14-6-19(9)5-7/h3-6H,2H2,1H3,(H2,15,16,18,20). The van der Waals surface area contributed by atoms with E-state index in [1.54, 1.807) is 29.1 Å². The fourth-order valence-corrected chi connectivity index (χ4v) is 2.38. The van der Waals surface area contributed by atoms with Gasteiger partial charge in [-0.1, -0.05) is 6.92 Å². The number of rotatable bonds is 3. The Morgan fingerprint density at radius 3 is 3.10 bits per heavy atom. The predicted octanol–water partition coefficient (Wildman–Crippen LogP) is 2.03. The van der Waals surface area contributed by atoms with Crippen LogP contribution in [0.4, 0.5) is 5.82 Å². The normalized spacial score (nSPS) is 10.9. The van der Waals surface area contributed by atoms with E-state index in [-0.39, 0.29) is 5.91 Å². The van der Waals surface area contributed by atoms with Crippen molar-refractivity contribution >= 4 is 33.3 Å².